The molecular formula is C40H54ClN5O9S. The van der Waals surface area contributed by atoms with Gasteiger partial charge in [0.05, 0.1) is 18.4 Å². The molecule has 2 saturated carbocycles. The molecule has 7 atom stereocenters. The Labute approximate surface area is 333 Å². The second kappa shape index (κ2) is 16.4. The number of rotatable bonds is 9. The first-order valence-electron chi connectivity index (χ1n) is 19.6. The molecule has 2 aromatic rings. The fourth-order valence-corrected chi connectivity index (χ4v) is 9.24. The molecule has 16 heteroatoms. The van der Waals surface area contributed by atoms with Gasteiger partial charge in [-0.05, 0) is 89.7 Å². The van der Waals surface area contributed by atoms with Gasteiger partial charge in [0, 0.05) is 34.2 Å². The SMILES string of the molecule is CCCOc1cc2c(Cl)cccc2c(OC2CC3C(=O)NC4(C(=O)NS(=O)(=O)C5CC5)CC4C=CCCC(C)CC(C)C(NC(=O)OC(C)(C)C)C(=O)N3C2)n1. The highest BCUT2D eigenvalue weighted by atomic mass is 35.5. The molecule has 14 nitrogen and oxygen atoms in total. The topological polar surface area (TPSA) is 182 Å². The van der Waals surface area contributed by atoms with Crippen LogP contribution in [0.2, 0.25) is 5.02 Å². The molecule has 3 fully saturated rings. The number of carbonyl (C=O) groups excluding carboxylic acids is 4. The van der Waals surface area contributed by atoms with Crippen LogP contribution in [0.4, 0.5) is 4.79 Å². The number of allylic oxidation sites excluding steroid dienone is 1. The summed E-state index contributed by atoms with van der Waals surface area (Å²) >= 11 is 6.59. The number of nitrogens with one attached hydrogen (secondary N) is 3. The number of aromatic nitrogens is 1. The van der Waals surface area contributed by atoms with Gasteiger partial charge in [0.1, 0.15) is 29.3 Å². The molecule has 4 amide bonds. The third kappa shape index (κ3) is 9.53. The van der Waals surface area contributed by atoms with Gasteiger partial charge in [0.2, 0.25) is 33.6 Å². The normalized spacial score (nSPS) is 28.6. The van der Waals surface area contributed by atoms with E-state index in [4.69, 9.17) is 25.8 Å². The first-order chi connectivity index (χ1) is 26.4. The fourth-order valence-electron chi connectivity index (χ4n) is 7.65. The van der Waals surface area contributed by atoms with E-state index in [9.17, 15) is 27.6 Å². The molecule has 2 aliphatic carbocycles. The van der Waals surface area contributed by atoms with Crippen LogP contribution in [0.1, 0.15) is 92.9 Å². The first kappa shape index (κ1) is 41.5. The minimum atomic E-state index is -3.91. The number of amides is 4. The summed E-state index contributed by atoms with van der Waals surface area (Å²) in [6.07, 6.45) is 6.16. The number of halogens is 1. The molecule has 56 heavy (non-hydrogen) atoms. The van der Waals surface area contributed by atoms with Gasteiger partial charge in [-0.3, -0.25) is 19.1 Å². The van der Waals surface area contributed by atoms with Gasteiger partial charge in [-0.25, -0.2) is 13.2 Å². The van der Waals surface area contributed by atoms with Crippen molar-refractivity contribution in [2.45, 2.75) is 127 Å². The second-order valence-corrected chi connectivity index (χ2v) is 19.2. The number of alkyl carbamates (subject to hydrolysis) is 1. The van der Waals surface area contributed by atoms with Crippen molar-refractivity contribution in [1.29, 1.82) is 0 Å². The van der Waals surface area contributed by atoms with Gasteiger partial charge >= 0.3 is 6.09 Å². The Morgan fingerprint density at radius 3 is 2.55 bits per heavy atom. The average molecular weight is 816 g/mol. The Morgan fingerprint density at radius 2 is 1.86 bits per heavy atom. The zero-order chi connectivity index (χ0) is 40.6. The Balaban J connectivity index is 1.36. The summed E-state index contributed by atoms with van der Waals surface area (Å²) in [6.45, 7) is 11.5. The minimum absolute atomic E-state index is 0.00385. The molecule has 6 rings (SSSR count). The van der Waals surface area contributed by atoms with Gasteiger partial charge in [-0.2, -0.15) is 4.98 Å². The van der Waals surface area contributed by atoms with Crippen molar-refractivity contribution >= 4 is 56.2 Å². The zero-order valence-electron chi connectivity index (χ0n) is 32.9. The molecule has 3 heterocycles. The van der Waals surface area contributed by atoms with E-state index in [1.807, 2.05) is 32.1 Å². The maximum Gasteiger partial charge on any atom is 0.408 e. The molecule has 1 aromatic heterocycles. The van der Waals surface area contributed by atoms with E-state index in [-0.39, 0.29) is 37.1 Å². The van der Waals surface area contributed by atoms with E-state index >= 15 is 0 Å². The van der Waals surface area contributed by atoms with E-state index in [2.05, 4.69) is 27.3 Å². The average Bonchev–Trinajstić information content (AvgIpc) is 4.04. The Kier molecular flexibility index (Phi) is 12.2. The molecule has 0 bridgehead atoms. The van der Waals surface area contributed by atoms with Crippen molar-refractivity contribution in [1.82, 2.24) is 25.2 Å². The number of pyridine rings is 1. The minimum Gasteiger partial charge on any atom is -0.478 e. The van der Waals surface area contributed by atoms with E-state index < -0.39 is 74.3 Å². The Bertz CT molecular complexity index is 1980. The largest absolute Gasteiger partial charge is 0.478 e. The zero-order valence-corrected chi connectivity index (χ0v) is 34.5. The number of benzene rings is 1. The van der Waals surface area contributed by atoms with Crippen molar-refractivity contribution in [3.05, 3.63) is 41.4 Å². The van der Waals surface area contributed by atoms with Crippen molar-refractivity contribution in [3.8, 4) is 11.8 Å². The molecule has 0 radical (unpaired) electrons. The van der Waals surface area contributed by atoms with E-state index in [0.717, 1.165) is 12.8 Å². The lowest BCUT2D eigenvalue weighted by Crippen LogP contribution is -2.59. The predicted octanol–water partition coefficient (Wildman–Crippen LogP) is 5.41. The van der Waals surface area contributed by atoms with E-state index in [0.29, 0.717) is 54.0 Å². The highest BCUT2D eigenvalue weighted by molar-refractivity contribution is 7.91. The number of ether oxygens (including phenoxy) is 3. The molecule has 1 aromatic carbocycles. The Morgan fingerprint density at radius 1 is 1.11 bits per heavy atom. The smallest absolute Gasteiger partial charge is 0.408 e. The van der Waals surface area contributed by atoms with Crippen LogP contribution in [0.5, 0.6) is 11.8 Å². The molecule has 1 saturated heterocycles. The maximum absolute atomic E-state index is 14.8. The van der Waals surface area contributed by atoms with Crippen LogP contribution in [-0.4, -0.2) is 89.8 Å². The van der Waals surface area contributed by atoms with Crippen LogP contribution in [0, 0.1) is 17.8 Å². The monoisotopic (exact) mass is 815 g/mol. The second-order valence-electron chi connectivity index (χ2n) is 16.8. The van der Waals surface area contributed by atoms with Gasteiger partial charge in [-0.15, -0.1) is 0 Å². The quantitative estimate of drug-likeness (QED) is 0.277. The van der Waals surface area contributed by atoms with Crippen LogP contribution in [-0.2, 0) is 29.1 Å². The van der Waals surface area contributed by atoms with Crippen LogP contribution in [0.25, 0.3) is 10.8 Å². The summed E-state index contributed by atoms with van der Waals surface area (Å²) in [4.78, 5) is 62.4. The van der Waals surface area contributed by atoms with Crippen molar-refractivity contribution in [2.24, 2.45) is 17.8 Å². The third-order valence-electron chi connectivity index (χ3n) is 10.8. The summed E-state index contributed by atoms with van der Waals surface area (Å²) < 4.78 is 46.0. The van der Waals surface area contributed by atoms with Crippen LogP contribution in [0.15, 0.2) is 36.4 Å². The first-order valence-corrected chi connectivity index (χ1v) is 21.6. The highest BCUT2D eigenvalue weighted by Gasteiger charge is 2.62. The maximum atomic E-state index is 14.8. The lowest BCUT2D eigenvalue weighted by molar-refractivity contribution is -0.142. The lowest BCUT2D eigenvalue weighted by Gasteiger charge is -2.33. The third-order valence-corrected chi connectivity index (χ3v) is 12.9. The number of fused-ring (bicyclic) bond motifs is 3. The highest BCUT2D eigenvalue weighted by Crippen LogP contribution is 2.46. The molecule has 2 aliphatic heterocycles. The number of hydrogen-bond acceptors (Lipinski definition) is 10. The van der Waals surface area contributed by atoms with Crippen LogP contribution >= 0.6 is 11.6 Å². The number of nitrogens with zero attached hydrogens (tertiary/aromatic N) is 2. The van der Waals surface area contributed by atoms with Crippen molar-refractivity contribution in [3.63, 3.8) is 0 Å². The predicted molar refractivity (Wildman–Crippen MR) is 211 cm³/mol. The van der Waals surface area contributed by atoms with Crippen LogP contribution in [0.3, 0.4) is 0 Å². The van der Waals surface area contributed by atoms with E-state index in [1.165, 1.54) is 4.90 Å². The van der Waals surface area contributed by atoms with Gasteiger partial charge in [0.25, 0.3) is 5.91 Å². The number of carbonyl (C=O) groups is 4. The summed E-state index contributed by atoms with van der Waals surface area (Å²) in [5.41, 5.74) is -2.36. The fraction of sp³-hybridized carbons (Fsp3) is 0.625. The summed E-state index contributed by atoms with van der Waals surface area (Å²) in [5, 5.41) is 6.78. The van der Waals surface area contributed by atoms with Gasteiger partial charge in [-0.1, -0.05) is 50.6 Å². The van der Waals surface area contributed by atoms with Crippen molar-refractivity contribution in [2.75, 3.05) is 13.2 Å². The summed E-state index contributed by atoms with van der Waals surface area (Å²) in [5.74, 6) is -2.13. The molecule has 4 aliphatic rings. The number of hydrogen-bond donors (Lipinski definition) is 3. The molecule has 7 unspecified atom stereocenters. The molecule has 3 N–H and O–H groups in total. The van der Waals surface area contributed by atoms with E-state index in [1.54, 1.807) is 39.0 Å². The van der Waals surface area contributed by atoms with Crippen molar-refractivity contribution < 1.29 is 41.8 Å². The van der Waals surface area contributed by atoms with Gasteiger partial charge in [0.15, 0.2) is 0 Å². The van der Waals surface area contributed by atoms with Gasteiger partial charge < -0.3 is 29.7 Å². The summed E-state index contributed by atoms with van der Waals surface area (Å²) in [7, 11) is -3.91. The molecule has 306 valence electrons. The molecular weight excluding hydrogens is 762 g/mol. The molecule has 0 spiro atoms. The number of sulfonamides is 1. The lowest BCUT2D eigenvalue weighted by atomic mass is 9.88. The standard InChI is InChI=1S/C40H54ClN5O9S/c1-7-17-53-32-20-29-28(13-10-14-30(29)41)35(42-32)54-26-19-31-34(47)44-40(37(49)45-56(51,52)27-15-16-27)21-25(40)12-9-8-11-23(2)18-24(3)33(36(48)46(31)22-26)43-38(50)55-39(4,5)6/h9-10,12-14,20,23-27,31,33H,7-8,11,15-19,21-22H2,1-6H3,(H,43,50)(H,44,47)(H,45,49). The summed E-state index contributed by atoms with van der Waals surface area (Å²) in [6, 6.07) is 4.83. The Hall–Kier alpha value is -4.11. The van der Waals surface area contributed by atoms with Crippen LogP contribution < -0.4 is 24.8 Å².